The summed E-state index contributed by atoms with van der Waals surface area (Å²) in [5.74, 6) is -0.512. The van der Waals surface area contributed by atoms with Crippen LogP contribution in [0.2, 0.25) is 5.02 Å². The van der Waals surface area contributed by atoms with Crippen molar-refractivity contribution in [1.29, 1.82) is 0 Å². The van der Waals surface area contributed by atoms with Crippen LogP contribution in [0.15, 0.2) is 41.3 Å². The number of nitrogens with one attached hydrogen (secondary N) is 1. The zero-order valence-electron chi connectivity index (χ0n) is 12.4. The Morgan fingerprint density at radius 2 is 2.00 bits per heavy atom. The third-order valence-corrected chi connectivity index (χ3v) is 5.17. The molecule has 3 rings (SSSR count). The maximum Gasteiger partial charge on any atom is 0.264 e. The van der Waals surface area contributed by atoms with Crippen LogP contribution < -0.4 is 14.4 Å². The summed E-state index contributed by atoms with van der Waals surface area (Å²) in [5, 5.41) is -0.195. The van der Waals surface area contributed by atoms with Crippen LogP contribution in [0, 0.1) is 5.82 Å². The molecule has 0 aromatic heterocycles. The molecule has 1 aliphatic heterocycles. The van der Waals surface area contributed by atoms with E-state index in [1.165, 1.54) is 42.3 Å². The summed E-state index contributed by atoms with van der Waals surface area (Å²) in [6, 6.07) is 7.66. The minimum Gasteiger partial charge on any atom is -0.482 e. The van der Waals surface area contributed by atoms with E-state index >= 15 is 0 Å². The lowest BCUT2D eigenvalue weighted by atomic mass is 10.2. The fourth-order valence-electron chi connectivity index (χ4n) is 2.19. The van der Waals surface area contributed by atoms with E-state index < -0.39 is 15.8 Å². The van der Waals surface area contributed by atoms with E-state index in [1.54, 1.807) is 0 Å². The smallest absolute Gasteiger partial charge is 0.264 e. The number of ether oxygens (including phenoxy) is 1. The molecule has 0 unspecified atom stereocenters. The van der Waals surface area contributed by atoms with Gasteiger partial charge in [-0.15, -0.1) is 0 Å². The standard InChI is InChI=1S/C15H12ClFN2O4S/c1-19-13-7-10(3-5-14(13)23-8-15(19)20)24(21,22)18-9-2-4-12(17)11(16)6-9/h2-7,18H,8H2,1H3. The van der Waals surface area contributed by atoms with Gasteiger partial charge in [-0.25, -0.2) is 12.8 Å². The Kier molecular flexibility index (Phi) is 4.10. The number of halogens is 2. The Bertz CT molecular complexity index is 933. The van der Waals surface area contributed by atoms with Crippen LogP contribution in [0.1, 0.15) is 0 Å². The molecular formula is C15H12ClFN2O4S. The fourth-order valence-corrected chi connectivity index (χ4v) is 3.44. The third-order valence-electron chi connectivity index (χ3n) is 3.50. The molecular weight excluding hydrogens is 359 g/mol. The number of carbonyl (C=O) groups excluding carboxylic acids is 1. The molecule has 2 aromatic rings. The normalized spacial score (nSPS) is 14.1. The summed E-state index contributed by atoms with van der Waals surface area (Å²) >= 11 is 5.65. The number of benzene rings is 2. The summed E-state index contributed by atoms with van der Waals surface area (Å²) in [6.07, 6.45) is 0. The number of sulfonamides is 1. The molecule has 1 aliphatic rings. The lowest BCUT2D eigenvalue weighted by Gasteiger charge is -2.26. The Balaban J connectivity index is 1.95. The second kappa shape index (κ2) is 5.95. The van der Waals surface area contributed by atoms with Gasteiger partial charge in [-0.05, 0) is 36.4 Å². The summed E-state index contributed by atoms with van der Waals surface area (Å²) in [5.41, 5.74) is 0.478. The average Bonchev–Trinajstić information content (AvgIpc) is 2.54. The molecule has 0 radical (unpaired) electrons. The largest absolute Gasteiger partial charge is 0.482 e. The summed E-state index contributed by atoms with van der Waals surface area (Å²) in [7, 11) is -2.41. The molecule has 1 heterocycles. The van der Waals surface area contributed by atoms with Crippen LogP contribution in [-0.4, -0.2) is 28.0 Å². The van der Waals surface area contributed by atoms with Gasteiger partial charge in [-0.1, -0.05) is 11.6 Å². The number of fused-ring (bicyclic) bond motifs is 1. The third kappa shape index (κ3) is 3.02. The number of carbonyl (C=O) groups is 1. The lowest BCUT2D eigenvalue weighted by Crippen LogP contribution is -2.35. The van der Waals surface area contributed by atoms with Crippen molar-refractivity contribution in [2.45, 2.75) is 4.90 Å². The highest BCUT2D eigenvalue weighted by Gasteiger charge is 2.25. The van der Waals surface area contributed by atoms with E-state index in [0.29, 0.717) is 11.4 Å². The predicted octanol–water partition coefficient (Wildman–Crippen LogP) is 2.64. The highest BCUT2D eigenvalue weighted by Crippen LogP contribution is 2.33. The van der Waals surface area contributed by atoms with Crippen molar-refractivity contribution in [1.82, 2.24) is 0 Å². The summed E-state index contributed by atoms with van der Waals surface area (Å²) < 4.78 is 45.7. The van der Waals surface area contributed by atoms with E-state index in [4.69, 9.17) is 16.3 Å². The van der Waals surface area contributed by atoms with Crippen LogP contribution >= 0.6 is 11.6 Å². The molecule has 6 nitrogen and oxygen atoms in total. The SMILES string of the molecule is CN1C(=O)COc2ccc(S(=O)(=O)Nc3ccc(F)c(Cl)c3)cc21. The predicted molar refractivity (Wildman–Crippen MR) is 87.6 cm³/mol. The molecule has 0 atom stereocenters. The molecule has 126 valence electrons. The second-order valence-corrected chi connectivity index (χ2v) is 7.19. The number of hydrogen-bond donors (Lipinski definition) is 1. The van der Waals surface area contributed by atoms with Crippen molar-refractivity contribution in [3.8, 4) is 5.75 Å². The molecule has 0 bridgehead atoms. The molecule has 9 heteroatoms. The van der Waals surface area contributed by atoms with Gasteiger partial charge in [-0.2, -0.15) is 0 Å². The zero-order valence-corrected chi connectivity index (χ0v) is 14.0. The first-order valence-electron chi connectivity index (χ1n) is 6.79. The van der Waals surface area contributed by atoms with E-state index in [-0.39, 0.29) is 28.1 Å². The molecule has 1 N–H and O–H groups in total. The average molecular weight is 371 g/mol. The van der Waals surface area contributed by atoms with E-state index in [0.717, 1.165) is 6.07 Å². The fraction of sp³-hybridized carbons (Fsp3) is 0.133. The van der Waals surface area contributed by atoms with Crippen molar-refractivity contribution < 1.29 is 22.3 Å². The van der Waals surface area contributed by atoms with Crippen LogP contribution in [0.25, 0.3) is 0 Å². The number of hydrogen-bond acceptors (Lipinski definition) is 4. The van der Waals surface area contributed by atoms with Gasteiger partial charge in [0.25, 0.3) is 15.9 Å². The van der Waals surface area contributed by atoms with Crippen molar-refractivity contribution in [3.05, 3.63) is 47.2 Å². The van der Waals surface area contributed by atoms with Gasteiger partial charge in [-0.3, -0.25) is 9.52 Å². The lowest BCUT2D eigenvalue weighted by molar-refractivity contribution is -0.120. The Labute approximate surface area is 142 Å². The van der Waals surface area contributed by atoms with Crippen LogP contribution in [0.4, 0.5) is 15.8 Å². The van der Waals surface area contributed by atoms with Gasteiger partial charge in [0.05, 0.1) is 21.3 Å². The van der Waals surface area contributed by atoms with Crippen LogP contribution in [-0.2, 0) is 14.8 Å². The highest BCUT2D eigenvalue weighted by atomic mass is 35.5. The summed E-state index contributed by atoms with van der Waals surface area (Å²) in [4.78, 5) is 12.9. The highest BCUT2D eigenvalue weighted by molar-refractivity contribution is 7.92. The number of anilines is 2. The minimum absolute atomic E-state index is 0.0631. The first kappa shape index (κ1) is 16.5. The van der Waals surface area contributed by atoms with E-state index in [9.17, 15) is 17.6 Å². The number of rotatable bonds is 3. The van der Waals surface area contributed by atoms with Gasteiger partial charge >= 0.3 is 0 Å². The molecule has 0 saturated carbocycles. The Morgan fingerprint density at radius 3 is 2.71 bits per heavy atom. The van der Waals surface area contributed by atoms with Crippen molar-refractivity contribution >= 4 is 38.9 Å². The zero-order chi connectivity index (χ0) is 17.5. The van der Waals surface area contributed by atoms with E-state index in [2.05, 4.69) is 4.72 Å². The number of likely N-dealkylation sites (N-methyl/N-ethyl adjacent to an activating group) is 1. The van der Waals surface area contributed by atoms with Gasteiger partial charge in [0, 0.05) is 7.05 Å². The van der Waals surface area contributed by atoms with Gasteiger partial charge < -0.3 is 9.64 Å². The molecule has 0 saturated heterocycles. The molecule has 24 heavy (non-hydrogen) atoms. The Morgan fingerprint density at radius 1 is 1.25 bits per heavy atom. The van der Waals surface area contributed by atoms with Gasteiger partial charge in [0.15, 0.2) is 6.61 Å². The number of amides is 1. The van der Waals surface area contributed by atoms with Crippen molar-refractivity contribution in [3.63, 3.8) is 0 Å². The number of nitrogens with zero attached hydrogens (tertiary/aromatic N) is 1. The van der Waals surface area contributed by atoms with Crippen LogP contribution in [0.3, 0.4) is 0 Å². The maximum atomic E-state index is 13.2. The topological polar surface area (TPSA) is 75.7 Å². The van der Waals surface area contributed by atoms with Crippen molar-refractivity contribution in [2.75, 3.05) is 23.3 Å². The first-order valence-corrected chi connectivity index (χ1v) is 8.65. The molecule has 1 amide bonds. The van der Waals surface area contributed by atoms with E-state index in [1.807, 2.05) is 0 Å². The minimum atomic E-state index is -3.94. The second-order valence-electron chi connectivity index (χ2n) is 5.11. The first-order chi connectivity index (χ1) is 11.3. The molecule has 0 spiro atoms. The van der Waals surface area contributed by atoms with Crippen LogP contribution in [0.5, 0.6) is 5.75 Å². The Hall–Kier alpha value is -2.32. The molecule has 2 aromatic carbocycles. The van der Waals surface area contributed by atoms with Gasteiger partial charge in [0.2, 0.25) is 0 Å². The van der Waals surface area contributed by atoms with Crippen molar-refractivity contribution in [2.24, 2.45) is 0 Å². The summed E-state index contributed by atoms with van der Waals surface area (Å²) in [6.45, 7) is -0.0953. The maximum absolute atomic E-state index is 13.2. The monoisotopic (exact) mass is 370 g/mol. The molecule has 0 aliphatic carbocycles. The molecule has 0 fully saturated rings. The van der Waals surface area contributed by atoms with Gasteiger partial charge in [0.1, 0.15) is 11.6 Å². The quantitative estimate of drug-likeness (QED) is 0.901.